The van der Waals surface area contributed by atoms with Crippen LogP contribution in [0.5, 0.6) is 5.75 Å². The number of phenolic OH excluding ortho intramolecular Hbond substituents is 1. The molecule has 33 heavy (non-hydrogen) atoms. The van der Waals surface area contributed by atoms with Gasteiger partial charge in [-0.25, -0.2) is 4.99 Å². The Morgan fingerprint density at radius 2 is 1.82 bits per heavy atom. The van der Waals surface area contributed by atoms with Gasteiger partial charge < -0.3 is 15.7 Å². The lowest BCUT2D eigenvalue weighted by Crippen LogP contribution is -2.28. The van der Waals surface area contributed by atoms with Crippen molar-refractivity contribution in [3.8, 4) is 5.75 Å². The van der Waals surface area contributed by atoms with Crippen LogP contribution < -0.4 is 10.6 Å². The van der Waals surface area contributed by atoms with Crippen LogP contribution >= 0.6 is 11.6 Å². The van der Waals surface area contributed by atoms with Gasteiger partial charge in [0.15, 0.2) is 0 Å². The molecule has 0 saturated heterocycles. The van der Waals surface area contributed by atoms with Gasteiger partial charge in [-0.3, -0.25) is 9.59 Å². The van der Waals surface area contributed by atoms with E-state index in [1.807, 2.05) is 6.92 Å². The van der Waals surface area contributed by atoms with Gasteiger partial charge in [-0.05, 0) is 55.7 Å². The number of nitrogens with zero attached hydrogens (tertiary/aromatic N) is 1. The van der Waals surface area contributed by atoms with Crippen molar-refractivity contribution in [2.45, 2.75) is 52.8 Å². The van der Waals surface area contributed by atoms with Crippen LogP contribution in [0.1, 0.15) is 60.7 Å². The highest BCUT2D eigenvalue weighted by Gasteiger charge is 2.31. The summed E-state index contributed by atoms with van der Waals surface area (Å²) in [6.45, 7) is 4.70. The minimum Gasteiger partial charge on any atom is -0.507 e. The van der Waals surface area contributed by atoms with Crippen LogP contribution in [0.3, 0.4) is 0 Å². The Kier molecular flexibility index (Phi) is 8.87. The highest BCUT2D eigenvalue weighted by molar-refractivity contribution is 6.31. The van der Waals surface area contributed by atoms with E-state index in [9.17, 15) is 27.9 Å². The lowest BCUT2D eigenvalue weighted by Gasteiger charge is -2.13. The summed E-state index contributed by atoms with van der Waals surface area (Å²) in [5.74, 6) is -1.25. The van der Waals surface area contributed by atoms with E-state index >= 15 is 0 Å². The average molecular weight is 484 g/mol. The van der Waals surface area contributed by atoms with E-state index in [4.69, 9.17) is 11.6 Å². The van der Waals surface area contributed by atoms with Gasteiger partial charge >= 0.3 is 6.18 Å². The summed E-state index contributed by atoms with van der Waals surface area (Å²) in [7, 11) is 0. The van der Waals surface area contributed by atoms with Crippen molar-refractivity contribution in [1.29, 1.82) is 0 Å². The Labute approximate surface area is 194 Å². The number of carbonyl (C=O) groups excluding carboxylic acids is 2. The molecule has 178 valence electrons. The van der Waals surface area contributed by atoms with Crippen LogP contribution in [0.4, 0.5) is 18.9 Å². The first-order valence-electron chi connectivity index (χ1n) is 10.2. The number of unbranched alkanes of at least 4 members (excludes halogenated alkanes) is 1. The van der Waals surface area contributed by atoms with Crippen LogP contribution in [-0.2, 0) is 23.9 Å². The minimum absolute atomic E-state index is 0.0264. The molecule has 0 radical (unpaired) electrons. The Morgan fingerprint density at radius 3 is 2.42 bits per heavy atom. The number of aryl methyl sites for hydroxylation is 1. The first-order chi connectivity index (χ1) is 15.4. The maximum absolute atomic E-state index is 13.1. The van der Waals surface area contributed by atoms with E-state index in [2.05, 4.69) is 15.6 Å². The molecule has 10 heteroatoms. The van der Waals surface area contributed by atoms with Gasteiger partial charge in [0.2, 0.25) is 5.91 Å². The van der Waals surface area contributed by atoms with E-state index in [1.165, 1.54) is 32.0 Å². The summed E-state index contributed by atoms with van der Waals surface area (Å²) in [5, 5.41) is 15.6. The topological polar surface area (TPSA) is 90.8 Å². The zero-order valence-electron chi connectivity index (χ0n) is 18.4. The zero-order chi connectivity index (χ0) is 24.8. The van der Waals surface area contributed by atoms with Crippen molar-refractivity contribution < 1.29 is 27.9 Å². The second-order valence-corrected chi connectivity index (χ2v) is 7.90. The summed E-state index contributed by atoms with van der Waals surface area (Å²) >= 11 is 6.04. The summed E-state index contributed by atoms with van der Waals surface area (Å²) in [6.07, 6.45) is -2.58. The number of benzene rings is 2. The van der Waals surface area contributed by atoms with Gasteiger partial charge in [-0.15, -0.1) is 0 Å². The number of hydrogen-bond donors (Lipinski definition) is 3. The fourth-order valence-corrected chi connectivity index (χ4v) is 3.30. The molecule has 2 aromatic carbocycles. The van der Waals surface area contributed by atoms with Crippen LogP contribution in [0.2, 0.25) is 5.02 Å². The number of nitrogens with one attached hydrogen (secondary N) is 2. The normalized spacial score (nSPS) is 11.9. The van der Waals surface area contributed by atoms with Crippen LogP contribution in [0.15, 0.2) is 35.3 Å². The SMILES string of the molecule is CCCCc1cc(C(F)(F)F)ccc1N=C(C)NC(=O)c1cc(Cl)cc(CNC(C)=O)c1O. The number of hydrogen-bond acceptors (Lipinski definition) is 4. The molecule has 0 bridgehead atoms. The largest absolute Gasteiger partial charge is 0.507 e. The lowest BCUT2D eigenvalue weighted by atomic mass is 10.0. The Bertz CT molecular complexity index is 1070. The molecule has 0 heterocycles. The molecule has 0 aliphatic heterocycles. The van der Waals surface area contributed by atoms with Gasteiger partial charge in [-0.2, -0.15) is 13.2 Å². The third kappa shape index (κ3) is 7.49. The molecule has 2 aromatic rings. The maximum atomic E-state index is 13.1. The summed E-state index contributed by atoms with van der Waals surface area (Å²) in [6, 6.07) is 5.97. The van der Waals surface area contributed by atoms with Crippen molar-refractivity contribution in [1.82, 2.24) is 10.6 Å². The number of halogens is 4. The number of phenols is 1. The predicted octanol–water partition coefficient (Wildman–Crippen LogP) is 5.52. The number of aliphatic imine (C=N–C) groups is 1. The van der Waals surface area contributed by atoms with E-state index in [0.717, 1.165) is 18.6 Å². The lowest BCUT2D eigenvalue weighted by molar-refractivity contribution is -0.137. The van der Waals surface area contributed by atoms with Gasteiger partial charge in [0, 0.05) is 24.1 Å². The molecular formula is C23H25ClF3N3O3. The van der Waals surface area contributed by atoms with Crippen molar-refractivity contribution in [3.63, 3.8) is 0 Å². The fraction of sp³-hybridized carbons (Fsp3) is 0.348. The first kappa shape index (κ1) is 26.2. The van der Waals surface area contributed by atoms with Crippen LogP contribution in [0, 0.1) is 0 Å². The maximum Gasteiger partial charge on any atom is 0.416 e. The Morgan fingerprint density at radius 1 is 1.12 bits per heavy atom. The molecule has 0 aromatic heterocycles. The molecule has 0 atom stereocenters. The number of carbonyl (C=O) groups is 2. The number of amides is 2. The number of amidine groups is 1. The highest BCUT2D eigenvalue weighted by Crippen LogP contribution is 2.33. The molecule has 0 saturated carbocycles. The van der Waals surface area contributed by atoms with E-state index < -0.39 is 17.6 Å². The van der Waals surface area contributed by atoms with Crippen molar-refractivity contribution in [2.75, 3.05) is 0 Å². The molecule has 0 aliphatic rings. The van der Waals surface area contributed by atoms with Gasteiger partial charge in [0.25, 0.3) is 5.91 Å². The van der Waals surface area contributed by atoms with Gasteiger partial charge in [0.1, 0.15) is 11.6 Å². The van der Waals surface area contributed by atoms with E-state index in [0.29, 0.717) is 24.1 Å². The monoisotopic (exact) mass is 483 g/mol. The molecule has 6 nitrogen and oxygen atoms in total. The second kappa shape index (κ2) is 11.2. The van der Waals surface area contributed by atoms with Crippen molar-refractivity contribution in [2.24, 2.45) is 4.99 Å². The zero-order valence-corrected chi connectivity index (χ0v) is 19.2. The molecular weight excluding hydrogens is 459 g/mol. The first-order valence-corrected chi connectivity index (χ1v) is 10.6. The summed E-state index contributed by atoms with van der Waals surface area (Å²) in [4.78, 5) is 28.1. The van der Waals surface area contributed by atoms with Crippen LogP contribution in [0.25, 0.3) is 0 Å². The molecule has 2 rings (SSSR count). The number of aromatic hydroxyl groups is 1. The average Bonchev–Trinajstić information content (AvgIpc) is 2.72. The predicted molar refractivity (Wildman–Crippen MR) is 121 cm³/mol. The summed E-state index contributed by atoms with van der Waals surface area (Å²) < 4.78 is 39.3. The number of rotatable bonds is 7. The van der Waals surface area contributed by atoms with E-state index in [1.54, 1.807) is 0 Å². The molecule has 3 N–H and O–H groups in total. The fourth-order valence-electron chi connectivity index (χ4n) is 3.06. The molecule has 0 unspecified atom stereocenters. The smallest absolute Gasteiger partial charge is 0.416 e. The van der Waals surface area contributed by atoms with E-state index in [-0.39, 0.29) is 40.2 Å². The van der Waals surface area contributed by atoms with Gasteiger partial charge in [0.05, 0.1) is 16.8 Å². The molecule has 0 spiro atoms. The minimum atomic E-state index is -4.47. The molecule has 2 amide bonds. The van der Waals surface area contributed by atoms with Crippen molar-refractivity contribution in [3.05, 3.63) is 57.6 Å². The number of alkyl halides is 3. The third-order valence-corrected chi connectivity index (χ3v) is 4.93. The molecule has 0 aliphatic carbocycles. The van der Waals surface area contributed by atoms with Crippen LogP contribution in [-0.4, -0.2) is 22.8 Å². The highest BCUT2D eigenvalue weighted by atomic mass is 35.5. The quantitative estimate of drug-likeness (QED) is 0.357. The summed E-state index contributed by atoms with van der Waals surface area (Å²) in [5.41, 5.74) is 0.0993. The second-order valence-electron chi connectivity index (χ2n) is 7.47. The Hall–Kier alpha value is -3.07. The van der Waals surface area contributed by atoms with Gasteiger partial charge in [-0.1, -0.05) is 24.9 Å². The standard InChI is InChI=1S/C23H25ClF3N3O3/c1-4-5-6-15-9-17(23(25,26)27)7-8-20(15)29-13(2)30-22(33)19-11-18(24)10-16(21(19)32)12-28-14(3)31/h7-11,32H,4-6,12H2,1-3H3,(H,28,31)(H,29,30,33). The van der Waals surface area contributed by atoms with Crippen molar-refractivity contribution >= 4 is 34.9 Å². The molecule has 0 fully saturated rings. The third-order valence-electron chi connectivity index (χ3n) is 4.72. The Balaban J connectivity index is 2.31.